The fraction of sp³-hybridized carbons (Fsp3) is 0.640. The largest absolute Gasteiger partial charge is 0.493 e. The molecule has 3 heterocycles. The number of methoxy groups -OCH3 is 1. The Morgan fingerprint density at radius 1 is 1.10 bits per heavy atom. The van der Waals surface area contributed by atoms with Gasteiger partial charge in [0.05, 0.1) is 19.2 Å². The number of ether oxygens (including phenoxy) is 4. The van der Waals surface area contributed by atoms with E-state index in [1.807, 2.05) is 12.3 Å². The smallest absolute Gasteiger partial charge is 0.162 e. The first-order chi connectivity index (χ1) is 15.2. The molecule has 2 saturated heterocycles. The van der Waals surface area contributed by atoms with E-state index in [4.69, 9.17) is 18.9 Å². The Hall–Kier alpha value is -2.05. The average molecular weight is 429 g/mol. The Labute approximate surface area is 185 Å². The van der Waals surface area contributed by atoms with Crippen LogP contribution in [0.2, 0.25) is 0 Å². The predicted molar refractivity (Wildman–Crippen MR) is 123 cm³/mol. The highest BCUT2D eigenvalue weighted by atomic mass is 16.7. The van der Waals surface area contributed by atoms with E-state index >= 15 is 0 Å². The van der Waals surface area contributed by atoms with Crippen molar-refractivity contribution < 1.29 is 18.9 Å². The molecular formula is C25H36N2O4. The Morgan fingerprint density at radius 3 is 2.65 bits per heavy atom. The Bertz CT molecular complexity index is 843. The molecule has 170 valence electrons. The third kappa shape index (κ3) is 5.42. The monoisotopic (exact) mass is 428 g/mol. The Kier molecular flexibility index (Phi) is 7.51. The minimum atomic E-state index is -0.0968. The summed E-state index contributed by atoms with van der Waals surface area (Å²) < 4.78 is 23.1. The van der Waals surface area contributed by atoms with Crippen molar-refractivity contribution >= 4 is 16.6 Å². The number of benzene rings is 1. The van der Waals surface area contributed by atoms with E-state index in [0.29, 0.717) is 19.0 Å². The highest BCUT2D eigenvalue weighted by Gasteiger charge is 2.23. The van der Waals surface area contributed by atoms with E-state index in [-0.39, 0.29) is 6.29 Å². The summed E-state index contributed by atoms with van der Waals surface area (Å²) in [6.07, 6.45) is 7.51. The molecule has 2 fully saturated rings. The van der Waals surface area contributed by atoms with Gasteiger partial charge in [0.2, 0.25) is 0 Å². The maximum atomic E-state index is 6.07. The second-order valence-electron chi connectivity index (χ2n) is 8.93. The lowest BCUT2D eigenvalue weighted by Gasteiger charge is -2.35. The van der Waals surface area contributed by atoms with Crippen molar-refractivity contribution in [3.8, 4) is 11.5 Å². The molecule has 0 saturated carbocycles. The summed E-state index contributed by atoms with van der Waals surface area (Å²) in [5.74, 6) is 3.00. The van der Waals surface area contributed by atoms with Crippen molar-refractivity contribution in [2.45, 2.75) is 52.2 Å². The molecular weight excluding hydrogens is 392 g/mol. The third-order valence-corrected chi connectivity index (χ3v) is 6.61. The van der Waals surface area contributed by atoms with Gasteiger partial charge in [-0.3, -0.25) is 4.98 Å². The van der Waals surface area contributed by atoms with Gasteiger partial charge in [0.25, 0.3) is 0 Å². The maximum Gasteiger partial charge on any atom is 0.162 e. The van der Waals surface area contributed by atoms with Crippen LogP contribution in [0.25, 0.3) is 10.9 Å². The zero-order valence-electron chi connectivity index (χ0n) is 19.1. The van der Waals surface area contributed by atoms with E-state index in [2.05, 4.69) is 35.9 Å². The lowest BCUT2D eigenvalue weighted by molar-refractivity contribution is -0.165. The maximum absolute atomic E-state index is 6.07. The first-order valence-electron chi connectivity index (χ1n) is 11.7. The van der Waals surface area contributed by atoms with E-state index in [1.54, 1.807) is 7.11 Å². The molecule has 1 aromatic heterocycles. The molecule has 0 bridgehead atoms. The number of rotatable bonds is 8. The normalized spacial score (nSPS) is 20.4. The van der Waals surface area contributed by atoms with Crippen LogP contribution >= 0.6 is 0 Å². The van der Waals surface area contributed by atoms with Crippen LogP contribution in [0.1, 0.15) is 46.0 Å². The van der Waals surface area contributed by atoms with Gasteiger partial charge in [0.1, 0.15) is 6.61 Å². The second kappa shape index (κ2) is 10.5. The van der Waals surface area contributed by atoms with Gasteiger partial charge in [0.15, 0.2) is 17.8 Å². The summed E-state index contributed by atoms with van der Waals surface area (Å²) in [6, 6.07) is 6.17. The van der Waals surface area contributed by atoms with Crippen LogP contribution in [0.3, 0.4) is 0 Å². The van der Waals surface area contributed by atoms with E-state index in [1.165, 1.54) is 18.5 Å². The summed E-state index contributed by atoms with van der Waals surface area (Å²) in [6.45, 7) is 8.57. The molecule has 6 heteroatoms. The van der Waals surface area contributed by atoms with Crippen molar-refractivity contribution in [1.82, 2.24) is 4.98 Å². The Balaban J connectivity index is 1.46. The first kappa shape index (κ1) is 22.2. The number of nitrogens with zero attached hydrogens (tertiary/aromatic N) is 2. The number of aromatic nitrogens is 1. The molecule has 0 N–H and O–H groups in total. The lowest BCUT2D eigenvalue weighted by atomic mass is 9.86. The molecule has 1 unspecified atom stereocenters. The van der Waals surface area contributed by atoms with Gasteiger partial charge in [-0.25, -0.2) is 0 Å². The lowest BCUT2D eigenvalue weighted by Crippen LogP contribution is -2.35. The first-order valence-corrected chi connectivity index (χ1v) is 11.7. The molecule has 2 aliphatic rings. The summed E-state index contributed by atoms with van der Waals surface area (Å²) in [7, 11) is 1.67. The van der Waals surface area contributed by atoms with Crippen LogP contribution in [0, 0.1) is 11.8 Å². The Morgan fingerprint density at radius 2 is 1.94 bits per heavy atom. The second-order valence-corrected chi connectivity index (χ2v) is 8.93. The van der Waals surface area contributed by atoms with Crippen molar-refractivity contribution in [2.75, 3.05) is 44.9 Å². The number of anilines is 1. The molecule has 1 aromatic carbocycles. The molecule has 0 aliphatic carbocycles. The molecule has 6 nitrogen and oxygen atoms in total. The fourth-order valence-electron chi connectivity index (χ4n) is 4.67. The predicted octanol–water partition coefficient (Wildman–Crippen LogP) is 5.04. The van der Waals surface area contributed by atoms with Crippen LogP contribution in [-0.4, -0.2) is 51.3 Å². The van der Waals surface area contributed by atoms with Crippen molar-refractivity contribution in [1.29, 1.82) is 0 Å². The summed E-state index contributed by atoms with van der Waals surface area (Å²) >= 11 is 0. The van der Waals surface area contributed by atoms with Crippen molar-refractivity contribution in [3.05, 3.63) is 24.4 Å². The summed E-state index contributed by atoms with van der Waals surface area (Å²) in [4.78, 5) is 7.07. The molecule has 0 spiro atoms. The van der Waals surface area contributed by atoms with Gasteiger partial charge in [-0.2, -0.15) is 0 Å². The molecule has 1 atom stereocenters. The topological polar surface area (TPSA) is 53.1 Å². The van der Waals surface area contributed by atoms with Crippen molar-refractivity contribution in [3.63, 3.8) is 0 Å². The number of fused-ring (bicyclic) bond motifs is 1. The highest BCUT2D eigenvalue weighted by molar-refractivity contribution is 5.94. The summed E-state index contributed by atoms with van der Waals surface area (Å²) in [5, 5.41) is 1.11. The van der Waals surface area contributed by atoms with Gasteiger partial charge in [0, 0.05) is 43.0 Å². The third-order valence-electron chi connectivity index (χ3n) is 6.61. The van der Waals surface area contributed by atoms with Gasteiger partial charge >= 0.3 is 0 Å². The standard InChI is InChI=1S/C25H36N2O4/c1-18(2)19-8-11-27(12-9-19)22-7-10-26-21-17-23(28-3)24(16-20(21)22)29-14-15-31-25-6-4-5-13-30-25/h7,10,16-19,25H,4-6,8-9,11-15H2,1-3H3. The minimum absolute atomic E-state index is 0.0968. The van der Waals surface area contributed by atoms with Crippen LogP contribution in [0.5, 0.6) is 11.5 Å². The molecule has 31 heavy (non-hydrogen) atoms. The average Bonchev–Trinajstić information content (AvgIpc) is 2.81. The molecule has 0 radical (unpaired) electrons. The highest BCUT2D eigenvalue weighted by Crippen LogP contribution is 2.37. The van der Waals surface area contributed by atoms with Gasteiger partial charge in [-0.05, 0) is 56.1 Å². The fourth-order valence-corrected chi connectivity index (χ4v) is 4.67. The van der Waals surface area contributed by atoms with E-state index < -0.39 is 0 Å². The summed E-state index contributed by atoms with van der Waals surface area (Å²) in [5.41, 5.74) is 2.16. The number of piperidine rings is 1. The van der Waals surface area contributed by atoms with Gasteiger partial charge < -0.3 is 23.8 Å². The van der Waals surface area contributed by atoms with E-state index in [9.17, 15) is 0 Å². The van der Waals surface area contributed by atoms with Crippen LogP contribution < -0.4 is 14.4 Å². The van der Waals surface area contributed by atoms with Crippen LogP contribution in [-0.2, 0) is 9.47 Å². The zero-order valence-corrected chi connectivity index (χ0v) is 19.1. The zero-order chi connectivity index (χ0) is 21.6. The quantitative estimate of drug-likeness (QED) is 0.549. The van der Waals surface area contributed by atoms with Crippen molar-refractivity contribution in [2.24, 2.45) is 11.8 Å². The van der Waals surface area contributed by atoms with Crippen LogP contribution in [0.4, 0.5) is 5.69 Å². The molecule has 0 amide bonds. The van der Waals surface area contributed by atoms with E-state index in [0.717, 1.165) is 67.4 Å². The minimum Gasteiger partial charge on any atom is -0.493 e. The van der Waals surface area contributed by atoms with Gasteiger partial charge in [-0.15, -0.1) is 0 Å². The molecule has 2 aliphatic heterocycles. The SMILES string of the molecule is COc1cc2nccc(N3CCC(C(C)C)CC3)c2cc1OCCOC1CCCCO1. The van der Waals surface area contributed by atoms with Crippen LogP contribution in [0.15, 0.2) is 24.4 Å². The number of pyridine rings is 1. The molecule has 4 rings (SSSR count). The van der Waals surface area contributed by atoms with Gasteiger partial charge in [-0.1, -0.05) is 13.8 Å². The number of hydrogen-bond donors (Lipinski definition) is 0. The number of hydrogen-bond acceptors (Lipinski definition) is 6. The molecule has 2 aromatic rings.